The van der Waals surface area contributed by atoms with Crippen LogP contribution in [-0.4, -0.2) is 44.1 Å². The fourth-order valence-electron chi connectivity index (χ4n) is 2.74. The Bertz CT molecular complexity index is 1170. The van der Waals surface area contributed by atoms with E-state index in [2.05, 4.69) is 30.6 Å². The molecule has 0 aliphatic heterocycles. The highest BCUT2D eigenvalue weighted by Gasteiger charge is 2.31. The predicted molar refractivity (Wildman–Crippen MR) is 108 cm³/mol. The van der Waals surface area contributed by atoms with Crippen LogP contribution in [0.2, 0.25) is 5.02 Å². The number of rotatable bonds is 6. The van der Waals surface area contributed by atoms with Crippen LogP contribution in [-0.2, 0) is 4.79 Å². The van der Waals surface area contributed by atoms with Gasteiger partial charge in [-0.2, -0.15) is 18.4 Å². The van der Waals surface area contributed by atoms with Crippen LogP contribution in [0.1, 0.15) is 25.8 Å². The number of nitrogens with zero attached hydrogens (tertiary/aromatic N) is 4. The summed E-state index contributed by atoms with van der Waals surface area (Å²) in [7, 11) is 0. The zero-order valence-corrected chi connectivity index (χ0v) is 17.2. The van der Waals surface area contributed by atoms with Crippen molar-refractivity contribution in [3.8, 4) is 17.5 Å². The minimum absolute atomic E-state index is 0.0628. The second-order valence-corrected chi connectivity index (χ2v) is 7.63. The average molecular weight is 452 g/mol. The smallest absolute Gasteiger partial charge is 0.355 e. The summed E-state index contributed by atoms with van der Waals surface area (Å²) in [6, 6.07) is 3.61. The lowest BCUT2D eigenvalue weighted by Gasteiger charge is -2.26. The number of nitriles is 1. The lowest BCUT2D eigenvalue weighted by Crippen LogP contribution is -2.49. The van der Waals surface area contributed by atoms with Gasteiger partial charge in [-0.05, 0) is 19.9 Å². The number of amides is 1. The van der Waals surface area contributed by atoms with Crippen molar-refractivity contribution in [2.75, 3.05) is 11.9 Å². The van der Waals surface area contributed by atoms with Crippen molar-refractivity contribution < 1.29 is 18.0 Å². The topological polar surface area (TPSA) is 119 Å². The van der Waals surface area contributed by atoms with Gasteiger partial charge in [0.2, 0.25) is 5.91 Å². The van der Waals surface area contributed by atoms with Gasteiger partial charge in [-0.15, -0.1) is 0 Å². The number of hydrogen-bond acceptors (Lipinski definition) is 6. The fourth-order valence-corrected chi connectivity index (χ4v) is 2.90. The number of hydrogen-bond donors (Lipinski definition) is 3. The summed E-state index contributed by atoms with van der Waals surface area (Å²) in [6.07, 6.45) is -1.12. The summed E-state index contributed by atoms with van der Waals surface area (Å²) in [4.78, 5) is 28.1. The van der Waals surface area contributed by atoms with Gasteiger partial charge in [-0.1, -0.05) is 11.6 Å². The molecule has 0 saturated heterocycles. The van der Waals surface area contributed by atoms with Crippen molar-refractivity contribution in [3.63, 3.8) is 0 Å². The summed E-state index contributed by atoms with van der Waals surface area (Å²) in [5.41, 5.74) is -0.152. The minimum Gasteiger partial charge on any atom is -0.355 e. The van der Waals surface area contributed by atoms with E-state index in [1.165, 1.54) is 26.2 Å². The van der Waals surface area contributed by atoms with Crippen LogP contribution in [0.4, 0.5) is 19.0 Å². The zero-order chi connectivity index (χ0) is 22.8. The lowest BCUT2D eigenvalue weighted by atomic mass is 10.0. The average Bonchev–Trinajstić information content (AvgIpc) is 3.09. The summed E-state index contributed by atoms with van der Waals surface area (Å²) in [6.45, 7) is 2.37. The molecule has 31 heavy (non-hydrogen) atoms. The van der Waals surface area contributed by atoms with Gasteiger partial charge >= 0.3 is 6.18 Å². The van der Waals surface area contributed by atoms with Gasteiger partial charge < -0.3 is 15.6 Å². The molecule has 3 aromatic rings. The number of carbonyl (C=O) groups is 1. The molecule has 3 N–H and O–H groups in total. The number of halogens is 4. The largest absolute Gasteiger partial charge is 0.390 e. The highest BCUT2D eigenvalue weighted by molar-refractivity contribution is 6.31. The van der Waals surface area contributed by atoms with Crippen molar-refractivity contribution >= 4 is 34.4 Å². The van der Waals surface area contributed by atoms with Gasteiger partial charge in [0.1, 0.15) is 28.6 Å². The molecule has 0 aliphatic rings. The van der Waals surface area contributed by atoms with Gasteiger partial charge in [0, 0.05) is 29.9 Å². The molecule has 0 radical (unpaired) electrons. The molecule has 8 nitrogen and oxygen atoms in total. The van der Waals surface area contributed by atoms with E-state index < -0.39 is 30.6 Å². The van der Waals surface area contributed by atoms with Gasteiger partial charge in [0.25, 0.3) is 0 Å². The second-order valence-electron chi connectivity index (χ2n) is 7.19. The molecule has 1 amide bonds. The van der Waals surface area contributed by atoms with Gasteiger partial charge in [-0.25, -0.2) is 15.0 Å². The molecule has 0 atom stereocenters. The molecular weight excluding hydrogens is 435 g/mol. The maximum atomic E-state index is 12.4. The number of H-pyrrole nitrogens is 1. The van der Waals surface area contributed by atoms with E-state index in [9.17, 15) is 23.2 Å². The molecule has 0 aromatic carbocycles. The van der Waals surface area contributed by atoms with E-state index in [0.29, 0.717) is 21.6 Å². The van der Waals surface area contributed by atoms with Gasteiger partial charge in [0.15, 0.2) is 5.82 Å². The van der Waals surface area contributed by atoms with Gasteiger partial charge in [0.05, 0.1) is 17.6 Å². The van der Waals surface area contributed by atoms with Crippen LogP contribution in [0.3, 0.4) is 0 Å². The monoisotopic (exact) mass is 451 g/mol. The summed E-state index contributed by atoms with van der Waals surface area (Å²) in [5, 5.41) is 15.5. The van der Waals surface area contributed by atoms with Gasteiger partial charge in [-0.3, -0.25) is 4.79 Å². The van der Waals surface area contributed by atoms with Crippen molar-refractivity contribution in [1.29, 1.82) is 5.26 Å². The minimum atomic E-state index is -4.38. The van der Waals surface area contributed by atoms with Crippen molar-refractivity contribution in [1.82, 2.24) is 25.3 Å². The Morgan fingerprint density at radius 2 is 2.03 bits per heavy atom. The first-order chi connectivity index (χ1) is 14.5. The first kappa shape index (κ1) is 22.3. The molecule has 3 heterocycles. The molecular formula is C19H17ClF3N7O. The van der Waals surface area contributed by atoms with Crippen molar-refractivity contribution in [2.24, 2.45) is 0 Å². The molecule has 0 bridgehead atoms. The molecule has 0 saturated carbocycles. The number of nitrogens with one attached hydrogen (secondary N) is 3. The number of carbonyl (C=O) groups excluding carboxylic acids is 1. The quantitative estimate of drug-likeness (QED) is 0.524. The van der Waals surface area contributed by atoms with Crippen LogP contribution in [0.25, 0.3) is 22.4 Å². The van der Waals surface area contributed by atoms with E-state index in [-0.39, 0.29) is 17.2 Å². The number of fused-ring (bicyclic) bond motifs is 1. The Kier molecular flexibility index (Phi) is 6.03. The lowest BCUT2D eigenvalue weighted by molar-refractivity contribution is -0.136. The molecule has 3 rings (SSSR count). The number of aromatic nitrogens is 4. The number of pyridine rings is 1. The molecule has 12 heteroatoms. The second kappa shape index (κ2) is 8.39. The zero-order valence-electron chi connectivity index (χ0n) is 16.4. The first-order valence-corrected chi connectivity index (χ1v) is 9.41. The van der Waals surface area contributed by atoms with E-state index in [4.69, 9.17) is 11.6 Å². The van der Waals surface area contributed by atoms with Crippen LogP contribution in [0, 0.1) is 11.3 Å². The SMILES string of the molecule is CC(C)(Nc1nc(-c2c[nH]c3ncc(Cl)cc23)ncc1C#N)C(=O)NCCC(F)(F)F. The Hall–Kier alpha value is -3.39. The predicted octanol–water partition coefficient (Wildman–Crippen LogP) is 3.80. The maximum Gasteiger partial charge on any atom is 0.390 e. The van der Waals surface area contributed by atoms with E-state index >= 15 is 0 Å². The third-order valence-corrected chi connectivity index (χ3v) is 4.55. The Morgan fingerprint density at radius 1 is 1.29 bits per heavy atom. The van der Waals surface area contributed by atoms with Crippen LogP contribution in [0.5, 0.6) is 0 Å². The highest BCUT2D eigenvalue weighted by atomic mass is 35.5. The normalized spacial score (nSPS) is 11.9. The third-order valence-electron chi connectivity index (χ3n) is 4.34. The summed E-state index contributed by atoms with van der Waals surface area (Å²) < 4.78 is 37.0. The van der Waals surface area contributed by atoms with Crippen molar-refractivity contribution in [2.45, 2.75) is 32.0 Å². The van der Waals surface area contributed by atoms with E-state index in [1.807, 2.05) is 6.07 Å². The third kappa shape index (κ3) is 5.21. The molecule has 162 valence electrons. The summed E-state index contributed by atoms with van der Waals surface area (Å²) >= 11 is 6.02. The first-order valence-electron chi connectivity index (χ1n) is 9.03. The summed E-state index contributed by atoms with van der Waals surface area (Å²) in [5.74, 6) is -0.373. The number of anilines is 1. The Morgan fingerprint density at radius 3 is 2.71 bits per heavy atom. The molecule has 3 aromatic heterocycles. The van der Waals surface area contributed by atoms with E-state index in [0.717, 1.165) is 0 Å². The fraction of sp³-hybridized carbons (Fsp3) is 0.316. The van der Waals surface area contributed by atoms with Crippen LogP contribution >= 0.6 is 11.6 Å². The number of alkyl halides is 3. The number of aromatic amines is 1. The molecule has 0 aliphatic carbocycles. The Balaban J connectivity index is 1.88. The van der Waals surface area contributed by atoms with Crippen LogP contribution in [0.15, 0.2) is 24.7 Å². The molecule has 0 spiro atoms. The maximum absolute atomic E-state index is 12.4. The highest BCUT2D eigenvalue weighted by Crippen LogP contribution is 2.29. The van der Waals surface area contributed by atoms with Crippen molar-refractivity contribution in [3.05, 3.63) is 35.2 Å². The van der Waals surface area contributed by atoms with E-state index in [1.54, 1.807) is 12.3 Å². The molecule has 0 fully saturated rings. The van der Waals surface area contributed by atoms with Crippen LogP contribution < -0.4 is 10.6 Å². The standard InChI is InChI=1S/C19H17ClF3N7O/c1-18(2,17(31)25-4-3-19(21,22)23)30-14-10(6-24)7-26-16(29-14)13-9-28-15-12(13)5-11(20)8-27-15/h5,7-9H,3-4H2,1-2H3,(H,25,31)(H,27,28)(H,26,29,30). The Labute approximate surface area is 179 Å². The molecule has 0 unspecified atom stereocenters.